The van der Waals surface area contributed by atoms with E-state index < -0.39 is 18.2 Å². The number of likely N-dealkylation sites (N-methyl/N-ethyl adjacent to an activating group) is 1. The molecule has 0 unspecified atom stereocenters. The number of ether oxygens (including phenoxy) is 2. The van der Waals surface area contributed by atoms with Crippen LogP contribution in [0.1, 0.15) is 13.8 Å². The molecule has 0 rings (SSSR count). The summed E-state index contributed by atoms with van der Waals surface area (Å²) >= 11 is 0. The molecular weight excluding hydrogens is 234 g/mol. The Balaban J connectivity index is 4.73. The number of hydrogen-bond acceptors (Lipinski definition) is 4. The van der Waals surface area contributed by atoms with Crippen molar-refractivity contribution in [1.29, 1.82) is 0 Å². The number of hydrogen-bond donors (Lipinski definition) is 0. The van der Waals surface area contributed by atoms with E-state index in [4.69, 9.17) is 9.47 Å². The van der Waals surface area contributed by atoms with Gasteiger partial charge in [-0.1, -0.05) is 13.2 Å². The Kier molecular flexibility index (Phi) is 5.78. The average molecular weight is 256 g/mol. The molecule has 0 atom stereocenters. The lowest BCUT2D eigenvalue weighted by Crippen LogP contribution is -2.45. The Labute approximate surface area is 108 Å². The normalized spacial score (nSPS) is 11.0. The van der Waals surface area contributed by atoms with Gasteiger partial charge in [0.25, 0.3) is 6.29 Å². The minimum atomic E-state index is -0.946. The van der Waals surface area contributed by atoms with Gasteiger partial charge in [0, 0.05) is 11.1 Å². The zero-order valence-corrected chi connectivity index (χ0v) is 11.8. The van der Waals surface area contributed by atoms with Crippen molar-refractivity contribution in [2.24, 2.45) is 0 Å². The fraction of sp³-hybridized carbons (Fsp3) is 0.538. The van der Waals surface area contributed by atoms with Crippen molar-refractivity contribution in [3.05, 3.63) is 24.3 Å². The molecule has 0 radical (unpaired) electrons. The van der Waals surface area contributed by atoms with Crippen molar-refractivity contribution in [3.63, 3.8) is 0 Å². The van der Waals surface area contributed by atoms with Crippen LogP contribution < -0.4 is 0 Å². The third-order valence-corrected chi connectivity index (χ3v) is 1.87. The predicted octanol–water partition coefficient (Wildman–Crippen LogP) is 1.26. The fourth-order valence-corrected chi connectivity index (χ4v) is 0.986. The van der Waals surface area contributed by atoms with E-state index in [1.165, 1.54) is 13.8 Å². The van der Waals surface area contributed by atoms with Gasteiger partial charge in [-0.2, -0.15) is 0 Å². The zero-order valence-electron chi connectivity index (χ0n) is 11.8. The van der Waals surface area contributed by atoms with E-state index in [2.05, 4.69) is 13.2 Å². The van der Waals surface area contributed by atoms with Gasteiger partial charge in [0.05, 0.1) is 21.1 Å². The molecule has 0 fully saturated rings. The summed E-state index contributed by atoms with van der Waals surface area (Å²) in [6, 6.07) is 0. The van der Waals surface area contributed by atoms with Crippen molar-refractivity contribution < 1.29 is 23.5 Å². The van der Waals surface area contributed by atoms with Gasteiger partial charge in [0.1, 0.15) is 0 Å². The Hall–Kier alpha value is -1.62. The smallest absolute Gasteiger partial charge is 0.336 e. The van der Waals surface area contributed by atoms with Gasteiger partial charge in [-0.3, -0.25) is 0 Å². The molecule has 0 aromatic carbocycles. The van der Waals surface area contributed by atoms with Gasteiger partial charge in [0.2, 0.25) is 0 Å². The van der Waals surface area contributed by atoms with Crippen LogP contribution in [0, 0.1) is 0 Å². The quantitative estimate of drug-likeness (QED) is 0.311. The van der Waals surface area contributed by atoms with Crippen LogP contribution in [0.3, 0.4) is 0 Å². The number of rotatable bonds is 6. The summed E-state index contributed by atoms with van der Waals surface area (Å²) in [6.07, 6.45) is -0.946. The Morgan fingerprint density at radius 2 is 1.33 bits per heavy atom. The van der Waals surface area contributed by atoms with Crippen molar-refractivity contribution in [1.82, 2.24) is 0 Å². The Morgan fingerprint density at radius 1 is 1.00 bits per heavy atom. The second-order valence-corrected chi connectivity index (χ2v) is 5.27. The molecule has 0 N–H and O–H groups in total. The first kappa shape index (κ1) is 16.4. The summed E-state index contributed by atoms with van der Waals surface area (Å²) in [6.45, 7) is 10.4. The summed E-state index contributed by atoms with van der Waals surface area (Å²) in [7, 11) is 5.70. The van der Waals surface area contributed by atoms with Crippen LogP contribution in [0.5, 0.6) is 0 Å². The molecule has 0 amide bonds. The average Bonchev–Trinajstić information content (AvgIpc) is 2.14. The van der Waals surface area contributed by atoms with Crippen molar-refractivity contribution in [2.45, 2.75) is 20.1 Å². The summed E-state index contributed by atoms with van der Waals surface area (Å²) in [5.41, 5.74) is 0.514. The molecule has 0 aliphatic rings. The lowest BCUT2D eigenvalue weighted by atomic mass is 10.3. The number of nitrogens with zero attached hydrogens (tertiary/aromatic N) is 1. The topological polar surface area (TPSA) is 52.6 Å². The van der Waals surface area contributed by atoms with E-state index in [0.29, 0.717) is 11.0 Å². The minimum Gasteiger partial charge on any atom is -0.416 e. The van der Waals surface area contributed by atoms with E-state index >= 15 is 0 Å². The maximum Gasteiger partial charge on any atom is 0.336 e. The summed E-state index contributed by atoms with van der Waals surface area (Å²) in [4.78, 5) is 22.9. The minimum absolute atomic E-state index is 0.257. The van der Waals surface area contributed by atoms with E-state index in [1.807, 2.05) is 21.1 Å². The largest absolute Gasteiger partial charge is 0.416 e. The number of carbonyl (C=O) groups excluding carboxylic acids is 2. The van der Waals surface area contributed by atoms with Crippen molar-refractivity contribution in [2.75, 3.05) is 27.7 Å². The Bertz CT molecular complexity index is 338. The Morgan fingerprint density at radius 3 is 1.56 bits per heavy atom. The van der Waals surface area contributed by atoms with Crippen LogP contribution >= 0.6 is 0 Å². The molecule has 0 aromatic rings. The predicted molar refractivity (Wildman–Crippen MR) is 68.5 cm³/mol. The molecule has 0 saturated heterocycles. The molecule has 0 aromatic heterocycles. The molecular formula is C13H22NO4+. The monoisotopic (exact) mass is 256 g/mol. The van der Waals surface area contributed by atoms with Crippen molar-refractivity contribution in [3.8, 4) is 0 Å². The number of carbonyl (C=O) groups is 2. The van der Waals surface area contributed by atoms with E-state index in [9.17, 15) is 9.59 Å². The molecule has 0 aliphatic heterocycles. The first-order chi connectivity index (χ1) is 8.03. The maximum absolute atomic E-state index is 11.4. The molecule has 18 heavy (non-hydrogen) atoms. The second-order valence-electron chi connectivity index (χ2n) is 5.27. The van der Waals surface area contributed by atoms with Crippen LogP contribution in [-0.4, -0.2) is 50.4 Å². The highest BCUT2D eigenvalue weighted by Gasteiger charge is 2.26. The molecule has 0 aliphatic carbocycles. The molecule has 0 spiro atoms. The van der Waals surface area contributed by atoms with Crippen molar-refractivity contribution >= 4 is 11.9 Å². The first-order valence-corrected chi connectivity index (χ1v) is 5.56. The molecule has 0 heterocycles. The highest BCUT2D eigenvalue weighted by Crippen LogP contribution is 2.07. The summed E-state index contributed by atoms with van der Waals surface area (Å²) < 4.78 is 10.6. The van der Waals surface area contributed by atoms with Crippen LogP contribution in [0.15, 0.2) is 24.3 Å². The maximum atomic E-state index is 11.4. The third-order valence-electron chi connectivity index (χ3n) is 1.87. The molecule has 0 bridgehead atoms. The van der Waals surface area contributed by atoms with Gasteiger partial charge < -0.3 is 14.0 Å². The lowest BCUT2D eigenvalue weighted by molar-refractivity contribution is -0.876. The molecule has 5 nitrogen and oxygen atoms in total. The van der Waals surface area contributed by atoms with Gasteiger partial charge in [-0.05, 0) is 13.8 Å². The summed E-state index contributed by atoms with van der Waals surface area (Å²) in [5, 5.41) is 0. The highest BCUT2D eigenvalue weighted by molar-refractivity contribution is 5.88. The van der Waals surface area contributed by atoms with E-state index in [1.54, 1.807) is 0 Å². The fourth-order valence-electron chi connectivity index (χ4n) is 0.986. The van der Waals surface area contributed by atoms with Gasteiger partial charge in [-0.15, -0.1) is 0 Å². The molecule has 0 saturated carbocycles. The van der Waals surface area contributed by atoms with Gasteiger partial charge in [0.15, 0.2) is 6.54 Å². The SMILES string of the molecule is C=C(C)C(=O)OC(C[N+](C)(C)C)OC(=O)C(=C)C. The van der Waals surface area contributed by atoms with Crippen LogP contribution in [-0.2, 0) is 19.1 Å². The van der Waals surface area contributed by atoms with Crippen LogP contribution in [0.25, 0.3) is 0 Å². The summed E-state index contributed by atoms with van der Waals surface area (Å²) in [5.74, 6) is -1.16. The van der Waals surface area contributed by atoms with Crippen LogP contribution in [0.4, 0.5) is 0 Å². The third kappa shape index (κ3) is 6.85. The highest BCUT2D eigenvalue weighted by atomic mass is 16.7. The lowest BCUT2D eigenvalue weighted by Gasteiger charge is -2.28. The zero-order chi connectivity index (χ0) is 14.5. The number of esters is 2. The van der Waals surface area contributed by atoms with Gasteiger partial charge in [-0.25, -0.2) is 9.59 Å². The number of quaternary nitrogens is 1. The van der Waals surface area contributed by atoms with Crippen LogP contribution in [0.2, 0.25) is 0 Å². The second kappa shape index (κ2) is 6.35. The molecule has 5 heteroatoms. The first-order valence-electron chi connectivity index (χ1n) is 5.56. The molecule has 102 valence electrons. The standard InChI is InChI=1S/C13H22NO4/c1-9(2)12(15)17-11(8-14(5,6)7)18-13(16)10(3)4/h11H,1,3,8H2,2,4-7H3/q+1. The van der Waals surface area contributed by atoms with E-state index in [-0.39, 0.29) is 11.1 Å². The van der Waals surface area contributed by atoms with Gasteiger partial charge >= 0.3 is 11.9 Å². The van der Waals surface area contributed by atoms with E-state index in [0.717, 1.165) is 0 Å².